The molecule has 0 aromatic heterocycles. The average molecular weight is 278 g/mol. The average Bonchev–Trinajstić information content (AvgIpc) is 2.99. The number of carbonyl (C=O) groups is 1. The fourth-order valence-electron chi connectivity index (χ4n) is 4.31. The summed E-state index contributed by atoms with van der Waals surface area (Å²) < 4.78 is 0. The summed E-state index contributed by atoms with van der Waals surface area (Å²) in [6, 6.07) is 0. The van der Waals surface area contributed by atoms with Crippen LogP contribution < -0.4 is 5.32 Å². The van der Waals surface area contributed by atoms with Gasteiger partial charge in [0.2, 0.25) is 5.91 Å². The van der Waals surface area contributed by atoms with Crippen molar-refractivity contribution < 1.29 is 4.79 Å². The van der Waals surface area contributed by atoms with Crippen molar-refractivity contribution in [3.63, 3.8) is 0 Å². The van der Waals surface area contributed by atoms with Gasteiger partial charge < -0.3 is 4.90 Å². The van der Waals surface area contributed by atoms with Crippen LogP contribution in [0.4, 0.5) is 0 Å². The van der Waals surface area contributed by atoms with Gasteiger partial charge in [0.25, 0.3) is 0 Å². The Labute approximate surface area is 123 Å². The molecule has 3 aliphatic rings. The lowest BCUT2D eigenvalue weighted by molar-refractivity contribution is -0.134. The van der Waals surface area contributed by atoms with E-state index in [9.17, 15) is 4.79 Å². The van der Waals surface area contributed by atoms with Crippen LogP contribution >= 0.6 is 0 Å². The molecule has 1 amide bonds. The largest absolute Gasteiger partial charge is 0.325 e. The molecule has 3 nitrogen and oxygen atoms in total. The molecule has 0 radical (unpaired) electrons. The second-order valence-corrected chi connectivity index (χ2v) is 7.69. The van der Waals surface area contributed by atoms with Crippen LogP contribution in [0.5, 0.6) is 0 Å². The van der Waals surface area contributed by atoms with Crippen molar-refractivity contribution in [1.29, 1.82) is 0 Å². The van der Waals surface area contributed by atoms with E-state index in [2.05, 4.69) is 31.0 Å². The predicted octanol–water partition coefficient (Wildman–Crippen LogP) is 3.29. The highest BCUT2D eigenvalue weighted by Crippen LogP contribution is 2.53. The van der Waals surface area contributed by atoms with Crippen molar-refractivity contribution in [1.82, 2.24) is 10.2 Å². The van der Waals surface area contributed by atoms with Gasteiger partial charge in [-0.25, -0.2) is 0 Å². The van der Waals surface area contributed by atoms with Gasteiger partial charge in [-0.2, -0.15) is 0 Å². The lowest BCUT2D eigenvalue weighted by Crippen LogP contribution is -2.44. The topological polar surface area (TPSA) is 32.3 Å². The van der Waals surface area contributed by atoms with Crippen LogP contribution in [0.3, 0.4) is 0 Å². The molecule has 1 heterocycles. The SMILES string of the molecule is CCCC1NC2(CCCC2)C(=O)N1CC1(C(C)C)CC1. The van der Waals surface area contributed by atoms with Gasteiger partial charge in [0.1, 0.15) is 0 Å². The third kappa shape index (κ3) is 2.18. The molecule has 3 rings (SSSR count). The number of hydrogen-bond acceptors (Lipinski definition) is 2. The summed E-state index contributed by atoms with van der Waals surface area (Å²) in [6.07, 6.45) is 9.67. The number of hydrogen-bond donors (Lipinski definition) is 1. The van der Waals surface area contributed by atoms with Crippen molar-refractivity contribution in [2.24, 2.45) is 11.3 Å². The van der Waals surface area contributed by atoms with Crippen molar-refractivity contribution in [2.45, 2.75) is 83.8 Å². The summed E-state index contributed by atoms with van der Waals surface area (Å²) >= 11 is 0. The fourth-order valence-corrected chi connectivity index (χ4v) is 4.31. The third-order valence-corrected chi connectivity index (χ3v) is 6.11. The Balaban J connectivity index is 1.78. The van der Waals surface area contributed by atoms with Gasteiger partial charge in [-0.3, -0.25) is 10.1 Å². The van der Waals surface area contributed by atoms with Gasteiger partial charge in [0, 0.05) is 6.54 Å². The Hall–Kier alpha value is -0.570. The lowest BCUT2D eigenvalue weighted by Gasteiger charge is -2.30. The molecule has 0 aromatic carbocycles. The first-order valence-corrected chi connectivity index (χ1v) is 8.62. The van der Waals surface area contributed by atoms with Gasteiger partial charge in [-0.15, -0.1) is 0 Å². The molecule has 3 heteroatoms. The Morgan fingerprint density at radius 1 is 1.25 bits per heavy atom. The molecular weight excluding hydrogens is 248 g/mol. The van der Waals surface area contributed by atoms with E-state index in [0.29, 0.717) is 23.4 Å². The van der Waals surface area contributed by atoms with E-state index in [1.807, 2.05) is 0 Å². The molecule has 114 valence electrons. The molecule has 0 aromatic rings. The second kappa shape index (κ2) is 5.01. The van der Waals surface area contributed by atoms with Crippen LogP contribution in [0.2, 0.25) is 0 Å². The van der Waals surface area contributed by atoms with Crippen LogP contribution in [0.15, 0.2) is 0 Å². The highest BCUT2D eigenvalue weighted by molar-refractivity contribution is 5.89. The zero-order chi connectivity index (χ0) is 14.4. The van der Waals surface area contributed by atoms with Crippen LogP contribution in [0, 0.1) is 11.3 Å². The minimum Gasteiger partial charge on any atom is -0.325 e. The molecule has 1 aliphatic heterocycles. The zero-order valence-corrected chi connectivity index (χ0v) is 13.4. The number of carbonyl (C=O) groups excluding carboxylic acids is 1. The fraction of sp³-hybridized carbons (Fsp3) is 0.941. The Morgan fingerprint density at radius 3 is 2.40 bits per heavy atom. The summed E-state index contributed by atoms with van der Waals surface area (Å²) in [5, 5.41) is 3.73. The van der Waals surface area contributed by atoms with E-state index >= 15 is 0 Å². The zero-order valence-electron chi connectivity index (χ0n) is 13.4. The van der Waals surface area contributed by atoms with Crippen LogP contribution in [-0.2, 0) is 4.79 Å². The van der Waals surface area contributed by atoms with Crippen LogP contribution in [0.1, 0.15) is 72.1 Å². The first-order valence-electron chi connectivity index (χ1n) is 8.62. The van der Waals surface area contributed by atoms with Crippen LogP contribution in [-0.4, -0.2) is 29.1 Å². The standard InChI is InChI=1S/C17H30N2O/c1-4-7-14-18-17(8-5-6-9-17)15(20)19(14)12-16(10-11-16)13(2)3/h13-14,18H,4-12H2,1-3H3. The third-order valence-electron chi connectivity index (χ3n) is 6.11. The second-order valence-electron chi connectivity index (χ2n) is 7.69. The van der Waals surface area contributed by atoms with E-state index in [4.69, 9.17) is 0 Å². The molecule has 0 bridgehead atoms. The normalized spacial score (nSPS) is 30.7. The van der Waals surface area contributed by atoms with Crippen LogP contribution in [0.25, 0.3) is 0 Å². The molecule has 3 fully saturated rings. The summed E-state index contributed by atoms with van der Waals surface area (Å²) in [7, 11) is 0. The monoisotopic (exact) mass is 278 g/mol. The highest BCUT2D eigenvalue weighted by atomic mass is 16.2. The smallest absolute Gasteiger partial charge is 0.244 e. The van der Waals surface area contributed by atoms with Crippen molar-refractivity contribution in [2.75, 3.05) is 6.54 Å². The summed E-state index contributed by atoms with van der Waals surface area (Å²) in [5.74, 6) is 1.11. The molecule has 1 saturated heterocycles. The molecular formula is C17H30N2O. The molecule has 2 aliphatic carbocycles. The molecule has 20 heavy (non-hydrogen) atoms. The maximum Gasteiger partial charge on any atom is 0.244 e. The molecule has 1 atom stereocenters. The number of rotatable bonds is 5. The maximum absolute atomic E-state index is 13.0. The van der Waals surface area contributed by atoms with Crippen molar-refractivity contribution >= 4 is 5.91 Å². The van der Waals surface area contributed by atoms with Crippen molar-refractivity contribution in [3.8, 4) is 0 Å². The summed E-state index contributed by atoms with van der Waals surface area (Å²) in [4.78, 5) is 15.2. The Morgan fingerprint density at radius 2 is 1.90 bits per heavy atom. The minimum absolute atomic E-state index is 0.188. The van der Waals surface area contributed by atoms with Gasteiger partial charge in [0.05, 0.1) is 11.7 Å². The van der Waals surface area contributed by atoms with Gasteiger partial charge in [0.15, 0.2) is 0 Å². The number of nitrogens with zero attached hydrogens (tertiary/aromatic N) is 1. The van der Waals surface area contributed by atoms with E-state index < -0.39 is 0 Å². The van der Waals surface area contributed by atoms with E-state index in [-0.39, 0.29) is 5.54 Å². The molecule has 2 saturated carbocycles. The maximum atomic E-state index is 13.0. The van der Waals surface area contributed by atoms with E-state index in [1.165, 1.54) is 25.7 Å². The number of nitrogens with one attached hydrogen (secondary N) is 1. The lowest BCUT2D eigenvalue weighted by atomic mass is 9.91. The highest BCUT2D eigenvalue weighted by Gasteiger charge is 2.55. The molecule has 1 N–H and O–H groups in total. The molecule has 1 spiro atoms. The van der Waals surface area contributed by atoms with Gasteiger partial charge in [-0.05, 0) is 43.4 Å². The van der Waals surface area contributed by atoms with Gasteiger partial charge in [-0.1, -0.05) is 40.0 Å². The Bertz CT molecular complexity index is 380. The summed E-state index contributed by atoms with van der Waals surface area (Å²) in [6.45, 7) is 7.85. The summed E-state index contributed by atoms with van der Waals surface area (Å²) in [5.41, 5.74) is 0.236. The van der Waals surface area contributed by atoms with E-state index in [1.54, 1.807) is 0 Å². The Kier molecular flexibility index (Phi) is 3.60. The first kappa shape index (κ1) is 14.4. The number of amides is 1. The molecule has 1 unspecified atom stereocenters. The first-order chi connectivity index (χ1) is 9.53. The van der Waals surface area contributed by atoms with E-state index in [0.717, 1.165) is 32.2 Å². The quantitative estimate of drug-likeness (QED) is 0.837. The predicted molar refractivity (Wildman–Crippen MR) is 81.2 cm³/mol. The van der Waals surface area contributed by atoms with Gasteiger partial charge >= 0.3 is 0 Å². The van der Waals surface area contributed by atoms with Crippen molar-refractivity contribution in [3.05, 3.63) is 0 Å². The minimum atomic E-state index is -0.188.